The lowest BCUT2D eigenvalue weighted by Gasteiger charge is -2.04. The maximum Gasteiger partial charge on any atom is 0.292 e. The van der Waals surface area contributed by atoms with Crippen LogP contribution >= 0.6 is 12.0 Å². The monoisotopic (exact) mass is 368 g/mol. The van der Waals surface area contributed by atoms with Crippen molar-refractivity contribution in [3.05, 3.63) is 51.1 Å². The van der Waals surface area contributed by atoms with Gasteiger partial charge in [0, 0.05) is 18.1 Å². The summed E-state index contributed by atoms with van der Waals surface area (Å²) in [6, 6.07) is 3.55. The number of hydrogen-bond acceptors (Lipinski definition) is 6. The highest BCUT2D eigenvalue weighted by Gasteiger charge is 2.20. The highest BCUT2D eigenvalue weighted by molar-refractivity contribution is 7.94. The van der Waals surface area contributed by atoms with E-state index in [1.54, 1.807) is 0 Å². The molecule has 0 spiro atoms. The molecule has 0 amide bonds. The number of nitro benzene ring substituents is 2. The lowest BCUT2D eigenvalue weighted by atomic mass is 10.1. The highest BCUT2D eigenvalue weighted by atomic mass is 32.2. The first-order valence-corrected chi connectivity index (χ1v) is 9.13. The Hall–Kier alpha value is -1.93. The van der Waals surface area contributed by atoms with Crippen molar-refractivity contribution in [1.82, 2.24) is 0 Å². The molecule has 0 aliphatic carbocycles. The molecule has 8 heteroatoms. The third-order valence-corrected chi connectivity index (χ3v) is 4.44. The molecule has 0 aliphatic rings. The summed E-state index contributed by atoms with van der Waals surface area (Å²) < 4.78 is 5.40. The first-order valence-electron chi connectivity index (χ1n) is 8.39. The summed E-state index contributed by atoms with van der Waals surface area (Å²) in [5.41, 5.74) is -0.608. The SMILES string of the molecule is C=CCCCCCCCCCOSc1ccc([N+](=O)[O-])cc1[N+](=O)[O-]. The molecule has 1 rings (SSSR count). The molecule has 25 heavy (non-hydrogen) atoms. The number of nitro groups is 2. The van der Waals surface area contributed by atoms with E-state index in [2.05, 4.69) is 6.58 Å². The minimum Gasteiger partial charge on any atom is -0.310 e. The smallest absolute Gasteiger partial charge is 0.292 e. The molecule has 0 radical (unpaired) electrons. The van der Waals surface area contributed by atoms with Gasteiger partial charge in [-0.2, -0.15) is 0 Å². The minimum absolute atomic E-state index is 0.276. The van der Waals surface area contributed by atoms with E-state index in [9.17, 15) is 20.2 Å². The zero-order chi connectivity index (χ0) is 18.5. The van der Waals surface area contributed by atoms with Gasteiger partial charge in [-0.25, -0.2) is 0 Å². The van der Waals surface area contributed by atoms with E-state index in [4.69, 9.17) is 4.18 Å². The number of rotatable bonds is 14. The Morgan fingerprint density at radius 2 is 1.64 bits per heavy atom. The molecule has 0 saturated carbocycles. The fraction of sp³-hybridized carbons (Fsp3) is 0.529. The van der Waals surface area contributed by atoms with Gasteiger partial charge in [0.2, 0.25) is 0 Å². The van der Waals surface area contributed by atoms with Crippen molar-refractivity contribution in [1.29, 1.82) is 0 Å². The van der Waals surface area contributed by atoms with Crippen LogP contribution in [0.15, 0.2) is 35.7 Å². The van der Waals surface area contributed by atoms with Gasteiger partial charge in [0.15, 0.2) is 0 Å². The molecule has 0 atom stereocenters. The Bertz CT molecular complexity index is 580. The van der Waals surface area contributed by atoms with Crippen LogP contribution in [0.25, 0.3) is 0 Å². The minimum atomic E-state index is -0.653. The normalized spacial score (nSPS) is 10.6. The predicted octanol–water partition coefficient (Wildman–Crippen LogP) is 5.83. The molecule has 0 aromatic heterocycles. The summed E-state index contributed by atoms with van der Waals surface area (Å²) in [7, 11) is 0. The van der Waals surface area contributed by atoms with Crippen molar-refractivity contribution in [3.8, 4) is 0 Å². The zero-order valence-electron chi connectivity index (χ0n) is 14.2. The van der Waals surface area contributed by atoms with Gasteiger partial charge < -0.3 is 4.18 Å². The summed E-state index contributed by atoms with van der Waals surface area (Å²) in [4.78, 5) is 20.7. The van der Waals surface area contributed by atoms with Crippen LogP contribution in [0.1, 0.15) is 51.4 Å². The number of hydrogen-bond donors (Lipinski definition) is 0. The second-order valence-corrected chi connectivity index (χ2v) is 6.47. The Morgan fingerprint density at radius 1 is 1.00 bits per heavy atom. The van der Waals surface area contributed by atoms with Crippen molar-refractivity contribution >= 4 is 23.4 Å². The third kappa shape index (κ3) is 8.64. The van der Waals surface area contributed by atoms with E-state index in [1.165, 1.54) is 37.8 Å². The Labute approximate surface area is 152 Å². The molecule has 0 unspecified atom stereocenters. The fourth-order valence-corrected chi connectivity index (χ4v) is 2.94. The largest absolute Gasteiger partial charge is 0.310 e. The molecule has 0 aliphatic heterocycles. The van der Waals surface area contributed by atoms with Crippen LogP contribution in [0.5, 0.6) is 0 Å². The number of non-ortho nitro benzene ring substituents is 1. The van der Waals surface area contributed by atoms with Crippen molar-refractivity contribution in [2.24, 2.45) is 0 Å². The van der Waals surface area contributed by atoms with E-state index in [0.29, 0.717) is 6.61 Å². The lowest BCUT2D eigenvalue weighted by Crippen LogP contribution is -1.95. The van der Waals surface area contributed by atoms with Gasteiger partial charge in [0.25, 0.3) is 11.4 Å². The second-order valence-electron chi connectivity index (χ2n) is 5.62. The molecular weight excluding hydrogens is 344 g/mol. The van der Waals surface area contributed by atoms with Crippen molar-refractivity contribution in [2.45, 2.75) is 56.3 Å². The molecule has 0 N–H and O–H groups in total. The predicted molar refractivity (Wildman–Crippen MR) is 98.7 cm³/mol. The first-order chi connectivity index (χ1) is 12.1. The van der Waals surface area contributed by atoms with Gasteiger partial charge in [-0.05, 0) is 25.3 Å². The lowest BCUT2D eigenvalue weighted by molar-refractivity contribution is -0.396. The van der Waals surface area contributed by atoms with Crippen molar-refractivity contribution in [2.75, 3.05) is 6.61 Å². The molecule has 1 aromatic carbocycles. The summed E-state index contributed by atoms with van der Waals surface area (Å²) in [5.74, 6) is 0. The average molecular weight is 368 g/mol. The van der Waals surface area contributed by atoms with Gasteiger partial charge in [0.05, 0.1) is 22.5 Å². The maximum atomic E-state index is 11.0. The van der Waals surface area contributed by atoms with Gasteiger partial charge >= 0.3 is 0 Å². The van der Waals surface area contributed by atoms with E-state index < -0.39 is 9.85 Å². The van der Waals surface area contributed by atoms with Crippen LogP contribution in [0.3, 0.4) is 0 Å². The first kappa shape index (κ1) is 21.1. The molecule has 138 valence electrons. The molecule has 1 aromatic rings. The van der Waals surface area contributed by atoms with Crippen LogP contribution in [-0.4, -0.2) is 16.5 Å². The molecule has 0 bridgehead atoms. The summed E-state index contributed by atoms with van der Waals surface area (Å²) in [6.07, 6.45) is 11.0. The number of allylic oxidation sites excluding steroid dienone is 1. The molecular formula is C17H24N2O5S. The van der Waals surface area contributed by atoms with Crippen LogP contribution < -0.4 is 0 Å². The summed E-state index contributed by atoms with van der Waals surface area (Å²) >= 11 is 0.900. The molecule has 0 fully saturated rings. The number of benzene rings is 1. The zero-order valence-corrected chi connectivity index (χ0v) is 15.0. The maximum absolute atomic E-state index is 11.0. The van der Waals surface area contributed by atoms with E-state index in [1.807, 2.05) is 6.08 Å². The van der Waals surface area contributed by atoms with E-state index >= 15 is 0 Å². The van der Waals surface area contributed by atoms with E-state index in [-0.39, 0.29) is 16.3 Å². The standard InChI is InChI=1S/C17H24N2O5S/c1-2-3-4-5-6-7-8-9-10-13-24-25-17-12-11-15(18(20)21)14-16(17)19(22)23/h2,11-12,14H,1,3-10,13H2. The van der Waals surface area contributed by atoms with E-state index in [0.717, 1.165) is 43.8 Å². The van der Waals surface area contributed by atoms with Gasteiger partial charge in [-0.3, -0.25) is 20.2 Å². The Balaban J connectivity index is 2.22. The molecule has 0 heterocycles. The summed E-state index contributed by atoms with van der Waals surface area (Å²) in [5, 5.41) is 21.7. The van der Waals surface area contributed by atoms with Crippen LogP contribution in [0.2, 0.25) is 0 Å². The average Bonchev–Trinajstić information content (AvgIpc) is 2.59. The molecule has 0 saturated heterocycles. The van der Waals surface area contributed by atoms with Crippen molar-refractivity contribution in [3.63, 3.8) is 0 Å². The van der Waals surface area contributed by atoms with Crippen LogP contribution in [0, 0.1) is 20.2 Å². The topological polar surface area (TPSA) is 95.5 Å². The van der Waals surface area contributed by atoms with Gasteiger partial charge in [-0.1, -0.05) is 38.2 Å². The van der Waals surface area contributed by atoms with Crippen molar-refractivity contribution < 1.29 is 14.0 Å². The number of unbranched alkanes of at least 4 members (excludes halogenated alkanes) is 7. The number of nitrogens with zero attached hydrogens (tertiary/aromatic N) is 2. The van der Waals surface area contributed by atoms with Gasteiger partial charge in [-0.15, -0.1) is 6.58 Å². The highest BCUT2D eigenvalue weighted by Crippen LogP contribution is 2.33. The van der Waals surface area contributed by atoms with Gasteiger partial charge in [0.1, 0.15) is 4.90 Å². The fourth-order valence-electron chi connectivity index (χ4n) is 2.27. The Kier molecular flexibility index (Phi) is 10.5. The third-order valence-electron chi connectivity index (χ3n) is 3.63. The quantitative estimate of drug-likeness (QED) is 0.135. The Morgan fingerprint density at radius 3 is 2.24 bits per heavy atom. The summed E-state index contributed by atoms with van der Waals surface area (Å²) in [6.45, 7) is 4.20. The molecule has 7 nitrogen and oxygen atoms in total. The van der Waals surface area contributed by atoms with Crippen LogP contribution in [0.4, 0.5) is 11.4 Å². The van der Waals surface area contributed by atoms with Crippen LogP contribution in [-0.2, 0) is 4.18 Å². The second kappa shape index (κ2) is 12.4.